The maximum atomic E-state index is 5.80. The smallest absolute Gasteiger partial charge is 0.193 e. The molecule has 0 saturated carbocycles. The van der Waals surface area contributed by atoms with Gasteiger partial charge in [-0.2, -0.15) is 5.10 Å². The number of halogens is 1. The van der Waals surface area contributed by atoms with E-state index in [2.05, 4.69) is 28.4 Å². The predicted octanol–water partition coefficient (Wildman–Crippen LogP) is 3.27. The molecule has 0 radical (unpaired) electrons. The number of methoxy groups -OCH3 is 1. The Balaban J connectivity index is 0.00000300. The van der Waals surface area contributed by atoms with Crippen molar-refractivity contribution in [2.45, 2.75) is 25.7 Å². The van der Waals surface area contributed by atoms with Gasteiger partial charge in [-0.25, -0.2) is 0 Å². The zero-order valence-corrected chi connectivity index (χ0v) is 19.8. The minimum absolute atomic E-state index is 0. The van der Waals surface area contributed by atoms with Gasteiger partial charge in [0, 0.05) is 57.8 Å². The number of nitrogens with one attached hydrogen (secondary N) is 1. The number of benzene rings is 1. The summed E-state index contributed by atoms with van der Waals surface area (Å²) in [5, 5.41) is 7.73. The molecule has 1 aromatic heterocycles. The maximum Gasteiger partial charge on any atom is 0.193 e. The van der Waals surface area contributed by atoms with Gasteiger partial charge in [0.15, 0.2) is 5.96 Å². The van der Waals surface area contributed by atoms with Crippen molar-refractivity contribution in [2.75, 3.05) is 39.9 Å². The van der Waals surface area contributed by atoms with Crippen LogP contribution in [-0.4, -0.2) is 60.5 Å². The first-order valence-corrected chi connectivity index (χ1v) is 9.98. The van der Waals surface area contributed by atoms with E-state index in [0.717, 1.165) is 56.5 Å². The molecule has 1 unspecified atom stereocenters. The Morgan fingerprint density at radius 3 is 2.90 bits per heavy atom. The minimum Gasteiger partial charge on any atom is -0.497 e. The summed E-state index contributed by atoms with van der Waals surface area (Å²) in [6.45, 7) is 6.35. The number of aliphatic imine (C=N–C) groups is 1. The number of likely N-dealkylation sites (tertiary alicyclic amines) is 1. The van der Waals surface area contributed by atoms with Crippen molar-refractivity contribution in [3.05, 3.63) is 42.2 Å². The number of nitrogens with zero attached hydrogens (tertiary/aromatic N) is 4. The fourth-order valence-corrected chi connectivity index (χ4v) is 3.43. The van der Waals surface area contributed by atoms with E-state index in [9.17, 15) is 0 Å². The minimum atomic E-state index is 0. The summed E-state index contributed by atoms with van der Waals surface area (Å²) in [5.41, 5.74) is 1.31. The van der Waals surface area contributed by atoms with Crippen LogP contribution in [0.1, 0.15) is 31.2 Å². The van der Waals surface area contributed by atoms with Gasteiger partial charge in [0.25, 0.3) is 0 Å². The summed E-state index contributed by atoms with van der Waals surface area (Å²) in [7, 11) is 3.63. The standard InChI is InChI=1S/C21H31N5O2.HI/c1-4-22-21(26-11-9-17(16-26)18-14-24-25(2)15-18)23-10-6-12-28-20-8-5-7-19(13-20)27-3;/h5,7-8,13-15,17H,4,6,9-12,16H2,1-3H3,(H,22,23);1H. The lowest BCUT2D eigenvalue weighted by Crippen LogP contribution is -2.40. The van der Waals surface area contributed by atoms with E-state index in [1.807, 2.05) is 42.2 Å². The van der Waals surface area contributed by atoms with Crippen LogP contribution in [0.2, 0.25) is 0 Å². The molecule has 8 heteroatoms. The molecule has 0 aliphatic carbocycles. The van der Waals surface area contributed by atoms with E-state index in [1.54, 1.807) is 7.11 Å². The number of rotatable bonds is 8. The number of hydrogen-bond acceptors (Lipinski definition) is 4. The van der Waals surface area contributed by atoms with E-state index in [0.29, 0.717) is 12.5 Å². The zero-order chi connectivity index (χ0) is 19.8. The predicted molar refractivity (Wildman–Crippen MR) is 127 cm³/mol. The third-order valence-corrected chi connectivity index (χ3v) is 4.89. The van der Waals surface area contributed by atoms with E-state index < -0.39 is 0 Å². The molecular formula is C21H32IN5O2. The summed E-state index contributed by atoms with van der Waals surface area (Å²) in [6.07, 6.45) is 6.10. The Bertz CT molecular complexity index is 780. The molecule has 2 heterocycles. The molecule has 0 spiro atoms. The van der Waals surface area contributed by atoms with Crippen LogP contribution in [0, 0.1) is 0 Å². The van der Waals surface area contributed by atoms with Crippen LogP contribution >= 0.6 is 24.0 Å². The number of hydrogen-bond donors (Lipinski definition) is 1. The summed E-state index contributed by atoms with van der Waals surface area (Å²) in [5.74, 6) is 3.15. The third kappa shape index (κ3) is 6.80. The molecule has 160 valence electrons. The van der Waals surface area contributed by atoms with Gasteiger partial charge in [0.05, 0.1) is 19.9 Å². The van der Waals surface area contributed by atoms with Crippen molar-refractivity contribution < 1.29 is 9.47 Å². The van der Waals surface area contributed by atoms with Gasteiger partial charge in [-0.15, -0.1) is 24.0 Å². The van der Waals surface area contributed by atoms with Crippen molar-refractivity contribution in [2.24, 2.45) is 12.0 Å². The summed E-state index contributed by atoms with van der Waals surface area (Å²) in [4.78, 5) is 7.15. The van der Waals surface area contributed by atoms with Gasteiger partial charge in [0.2, 0.25) is 0 Å². The Morgan fingerprint density at radius 2 is 2.17 bits per heavy atom. The molecule has 1 saturated heterocycles. The van der Waals surface area contributed by atoms with Crippen LogP contribution in [0.15, 0.2) is 41.7 Å². The van der Waals surface area contributed by atoms with Gasteiger partial charge >= 0.3 is 0 Å². The van der Waals surface area contributed by atoms with E-state index in [-0.39, 0.29) is 24.0 Å². The van der Waals surface area contributed by atoms with Crippen molar-refractivity contribution in [1.82, 2.24) is 20.0 Å². The molecule has 7 nitrogen and oxygen atoms in total. The van der Waals surface area contributed by atoms with E-state index >= 15 is 0 Å². The first-order valence-electron chi connectivity index (χ1n) is 9.98. The normalized spacial score (nSPS) is 16.4. The second-order valence-electron chi connectivity index (χ2n) is 7.00. The lowest BCUT2D eigenvalue weighted by molar-refractivity contribution is 0.310. The van der Waals surface area contributed by atoms with Gasteiger partial charge < -0.3 is 19.7 Å². The molecular weight excluding hydrogens is 481 g/mol. The number of aryl methyl sites for hydroxylation is 1. The monoisotopic (exact) mass is 513 g/mol. The third-order valence-electron chi connectivity index (χ3n) is 4.89. The van der Waals surface area contributed by atoms with Crippen molar-refractivity contribution >= 4 is 29.9 Å². The van der Waals surface area contributed by atoms with Crippen molar-refractivity contribution in [3.63, 3.8) is 0 Å². The Hall–Kier alpha value is -1.97. The highest BCUT2D eigenvalue weighted by atomic mass is 127. The Kier molecular flexibility index (Phi) is 9.56. The average molecular weight is 513 g/mol. The Morgan fingerprint density at radius 1 is 1.34 bits per heavy atom. The number of ether oxygens (including phenoxy) is 2. The zero-order valence-electron chi connectivity index (χ0n) is 17.5. The molecule has 1 atom stereocenters. The summed E-state index contributed by atoms with van der Waals surface area (Å²) < 4.78 is 12.9. The highest BCUT2D eigenvalue weighted by Gasteiger charge is 2.26. The topological polar surface area (TPSA) is 63.9 Å². The van der Waals surface area contributed by atoms with Gasteiger partial charge in [-0.3, -0.25) is 9.67 Å². The molecule has 1 fully saturated rings. The van der Waals surface area contributed by atoms with Gasteiger partial charge in [-0.05, 0) is 31.0 Å². The van der Waals surface area contributed by atoms with Crippen LogP contribution < -0.4 is 14.8 Å². The van der Waals surface area contributed by atoms with Crippen LogP contribution in [0.5, 0.6) is 11.5 Å². The fourth-order valence-electron chi connectivity index (χ4n) is 3.43. The van der Waals surface area contributed by atoms with Gasteiger partial charge in [0.1, 0.15) is 11.5 Å². The molecule has 0 bridgehead atoms. The molecule has 1 aliphatic heterocycles. The highest BCUT2D eigenvalue weighted by molar-refractivity contribution is 14.0. The van der Waals surface area contributed by atoms with Crippen molar-refractivity contribution in [3.8, 4) is 11.5 Å². The lowest BCUT2D eigenvalue weighted by atomic mass is 10.0. The first-order chi connectivity index (χ1) is 13.7. The molecule has 1 N–H and O–H groups in total. The molecule has 0 amide bonds. The van der Waals surface area contributed by atoms with Crippen LogP contribution in [0.3, 0.4) is 0 Å². The SMILES string of the molecule is CCNC(=NCCCOc1cccc(OC)c1)N1CCC(c2cnn(C)c2)C1.I. The Labute approximate surface area is 190 Å². The first kappa shape index (κ1) is 23.3. The summed E-state index contributed by atoms with van der Waals surface area (Å²) in [6, 6.07) is 7.69. The summed E-state index contributed by atoms with van der Waals surface area (Å²) >= 11 is 0. The van der Waals surface area contributed by atoms with Crippen LogP contribution in [0.25, 0.3) is 0 Å². The second-order valence-corrected chi connectivity index (χ2v) is 7.00. The molecule has 2 aromatic rings. The largest absolute Gasteiger partial charge is 0.497 e. The second kappa shape index (κ2) is 11.9. The van der Waals surface area contributed by atoms with Gasteiger partial charge in [-0.1, -0.05) is 6.07 Å². The number of guanidine groups is 1. The highest BCUT2D eigenvalue weighted by Crippen LogP contribution is 2.26. The quantitative estimate of drug-likeness (QED) is 0.254. The molecule has 1 aromatic carbocycles. The number of aromatic nitrogens is 2. The average Bonchev–Trinajstić information content (AvgIpc) is 3.36. The van der Waals surface area contributed by atoms with E-state index in [1.165, 1.54) is 5.56 Å². The van der Waals surface area contributed by atoms with Crippen molar-refractivity contribution in [1.29, 1.82) is 0 Å². The van der Waals surface area contributed by atoms with E-state index in [4.69, 9.17) is 14.5 Å². The molecule has 3 rings (SSSR count). The lowest BCUT2D eigenvalue weighted by Gasteiger charge is -2.21. The molecule has 1 aliphatic rings. The van der Waals surface area contributed by atoms with Crippen LogP contribution in [-0.2, 0) is 7.05 Å². The molecule has 29 heavy (non-hydrogen) atoms. The maximum absolute atomic E-state index is 5.80. The fraction of sp³-hybridized carbons (Fsp3) is 0.524. The van der Waals surface area contributed by atoms with Crippen LogP contribution in [0.4, 0.5) is 0 Å².